The van der Waals surface area contributed by atoms with Crippen LogP contribution in [0.4, 0.5) is 19.3 Å². The predicted octanol–water partition coefficient (Wildman–Crippen LogP) is 5.25. The number of anilines is 1. The molecule has 1 aromatic carbocycles. The van der Waals surface area contributed by atoms with Gasteiger partial charge >= 0.3 is 6.09 Å². The van der Waals surface area contributed by atoms with Crippen LogP contribution < -0.4 is 4.90 Å². The lowest BCUT2D eigenvalue weighted by atomic mass is 9.90. The first-order chi connectivity index (χ1) is 12.4. The Morgan fingerprint density at radius 3 is 2.37 bits per heavy atom. The molecule has 0 spiro atoms. The van der Waals surface area contributed by atoms with Crippen molar-refractivity contribution in [3.05, 3.63) is 59.4 Å². The van der Waals surface area contributed by atoms with E-state index in [1.54, 1.807) is 39.0 Å². The van der Waals surface area contributed by atoms with Crippen LogP contribution in [0.5, 0.6) is 0 Å². The van der Waals surface area contributed by atoms with E-state index in [2.05, 4.69) is 4.98 Å². The molecule has 1 amide bonds. The first kappa shape index (κ1) is 19.3. The summed E-state index contributed by atoms with van der Waals surface area (Å²) >= 11 is 0. The standard InChI is InChI=1S/C21H24F2N2O2/c1-19(2,3)27-18(26)25-13-20(4,5)17-16(25)11-15(12-24-17)21(22,23)14-9-7-6-8-10-14/h6-12H,13H2,1-5H3. The van der Waals surface area contributed by atoms with Crippen LogP contribution >= 0.6 is 0 Å². The number of hydrogen-bond acceptors (Lipinski definition) is 3. The van der Waals surface area contributed by atoms with E-state index in [-0.39, 0.29) is 11.1 Å². The fourth-order valence-electron chi connectivity index (χ4n) is 3.20. The number of halogens is 2. The zero-order valence-corrected chi connectivity index (χ0v) is 16.2. The average Bonchev–Trinajstić information content (AvgIpc) is 2.85. The van der Waals surface area contributed by atoms with Crippen molar-refractivity contribution < 1.29 is 18.3 Å². The fourth-order valence-corrected chi connectivity index (χ4v) is 3.20. The van der Waals surface area contributed by atoms with Crippen molar-refractivity contribution in [2.24, 2.45) is 0 Å². The van der Waals surface area contributed by atoms with Gasteiger partial charge in [0, 0.05) is 29.3 Å². The van der Waals surface area contributed by atoms with E-state index < -0.39 is 23.0 Å². The first-order valence-electron chi connectivity index (χ1n) is 8.87. The van der Waals surface area contributed by atoms with E-state index in [4.69, 9.17) is 4.74 Å². The Morgan fingerprint density at radius 2 is 1.78 bits per heavy atom. The van der Waals surface area contributed by atoms with Gasteiger partial charge in [-0.15, -0.1) is 0 Å². The molecular weight excluding hydrogens is 350 g/mol. The molecule has 27 heavy (non-hydrogen) atoms. The number of fused-ring (bicyclic) bond motifs is 1. The molecular formula is C21H24F2N2O2. The average molecular weight is 374 g/mol. The second-order valence-corrected chi connectivity index (χ2v) is 8.48. The summed E-state index contributed by atoms with van der Waals surface area (Å²) in [5, 5.41) is 0. The summed E-state index contributed by atoms with van der Waals surface area (Å²) in [6, 6.07) is 8.94. The van der Waals surface area contributed by atoms with Gasteiger partial charge in [0.05, 0.1) is 11.4 Å². The second kappa shape index (κ2) is 6.29. The van der Waals surface area contributed by atoms with Gasteiger partial charge in [-0.3, -0.25) is 9.88 Å². The van der Waals surface area contributed by atoms with Gasteiger partial charge in [0.15, 0.2) is 0 Å². The summed E-state index contributed by atoms with van der Waals surface area (Å²) in [6.45, 7) is 9.49. The molecule has 0 saturated heterocycles. The number of hydrogen-bond donors (Lipinski definition) is 0. The van der Waals surface area contributed by atoms with Crippen molar-refractivity contribution in [3.63, 3.8) is 0 Å². The zero-order chi connectivity index (χ0) is 20.0. The molecule has 144 valence electrons. The first-order valence-corrected chi connectivity index (χ1v) is 8.87. The maximum Gasteiger partial charge on any atom is 0.414 e. The molecule has 1 aromatic heterocycles. The largest absolute Gasteiger partial charge is 0.443 e. The summed E-state index contributed by atoms with van der Waals surface area (Å²) < 4.78 is 35.4. The lowest BCUT2D eigenvalue weighted by Crippen LogP contribution is -2.38. The molecule has 0 fully saturated rings. The Labute approximate surface area is 158 Å². The molecule has 2 heterocycles. The van der Waals surface area contributed by atoms with Crippen LogP contribution in [-0.2, 0) is 16.1 Å². The molecule has 2 aromatic rings. The molecule has 0 saturated carbocycles. The Balaban J connectivity index is 2.04. The number of ether oxygens (including phenoxy) is 1. The molecule has 1 aliphatic rings. The molecule has 0 bridgehead atoms. The SMILES string of the molecule is CC(C)(C)OC(=O)N1CC(C)(C)c2ncc(C(F)(F)c3ccccc3)cc21. The lowest BCUT2D eigenvalue weighted by Gasteiger charge is -2.26. The van der Waals surface area contributed by atoms with Crippen LogP contribution in [0.15, 0.2) is 42.6 Å². The summed E-state index contributed by atoms with van der Waals surface area (Å²) in [5.74, 6) is -3.21. The van der Waals surface area contributed by atoms with E-state index >= 15 is 0 Å². The maximum absolute atomic E-state index is 15.0. The van der Waals surface area contributed by atoms with Gasteiger partial charge in [-0.2, -0.15) is 8.78 Å². The van der Waals surface area contributed by atoms with Gasteiger partial charge in [-0.05, 0) is 26.8 Å². The van der Waals surface area contributed by atoms with Crippen LogP contribution in [0.1, 0.15) is 51.4 Å². The Morgan fingerprint density at radius 1 is 1.15 bits per heavy atom. The van der Waals surface area contributed by atoms with Crippen molar-refractivity contribution in [3.8, 4) is 0 Å². The highest BCUT2D eigenvalue weighted by Gasteiger charge is 2.43. The molecule has 0 radical (unpaired) electrons. The number of aromatic nitrogens is 1. The highest BCUT2D eigenvalue weighted by atomic mass is 19.3. The van der Waals surface area contributed by atoms with Gasteiger partial charge < -0.3 is 4.74 Å². The van der Waals surface area contributed by atoms with Crippen LogP contribution in [0.2, 0.25) is 0 Å². The molecule has 0 atom stereocenters. The third-order valence-corrected chi connectivity index (χ3v) is 4.47. The Bertz CT molecular complexity index is 858. The van der Waals surface area contributed by atoms with Crippen LogP contribution in [0, 0.1) is 0 Å². The molecule has 0 N–H and O–H groups in total. The summed E-state index contributed by atoms with van der Waals surface area (Å²) in [4.78, 5) is 18.3. The highest BCUT2D eigenvalue weighted by Crippen LogP contribution is 2.43. The van der Waals surface area contributed by atoms with Gasteiger partial charge in [0.25, 0.3) is 5.92 Å². The second-order valence-electron chi connectivity index (χ2n) is 8.48. The number of rotatable bonds is 2. The van der Waals surface area contributed by atoms with Crippen molar-refractivity contribution in [2.75, 3.05) is 11.4 Å². The van der Waals surface area contributed by atoms with Crippen molar-refractivity contribution >= 4 is 11.8 Å². The number of alkyl halides is 2. The van der Waals surface area contributed by atoms with Crippen LogP contribution in [0.25, 0.3) is 0 Å². The van der Waals surface area contributed by atoms with Crippen LogP contribution in [-0.4, -0.2) is 23.2 Å². The maximum atomic E-state index is 15.0. The summed E-state index contributed by atoms with van der Waals surface area (Å²) in [6.07, 6.45) is 0.642. The summed E-state index contributed by atoms with van der Waals surface area (Å²) in [7, 11) is 0. The van der Waals surface area contributed by atoms with Crippen molar-refractivity contribution in [1.82, 2.24) is 4.98 Å². The monoisotopic (exact) mass is 374 g/mol. The molecule has 0 aliphatic carbocycles. The van der Waals surface area contributed by atoms with Crippen molar-refractivity contribution in [2.45, 2.75) is 51.6 Å². The van der Waals surface area contributed by atoms with Gasteiger partial charge in [0.1, 0.15) is 5.60 Å². The molecule has 6 heteroatoms. The smallest absolute Gasteiger partial charge is 0.414 e. The van der Waals surface area contributed by atoms with E-state index in [0.29, 0.717) is 17.9 Å². The minimum Gasteiger partial charge on any atom is -0.443 e. The number of carbonyl (C=O) groups is 1. The van der Waals surface area contributed by atoms with E-state index in [1.807, 2.05) is 13.8 Å². The zero-order valence-electron chi connectivity index (χ0n) is 16.2. The predicted molar refractivity (Wildman–Crippen MR) is 100 cm³/mol. The number of carbonyl (C=O) groups excluding carboxylic acids is 1. The third kappa shape index (κ3) is 3.66. The van der Waals surface area contributed by atoms with E-state index in [0.717, 1.165) is 0 Å². The molecule has 3 rings (SSSR count). The quantitative estimate of drug-likeness (QED) is 0.721. The lowest BCUT2D eigenvalue weighted by molar-refractivity contribution is 0.0423. The van der Waals surface area contributed by atoms with Crippen molar-refractivity contribution in [1.29, 1.82) is 0 Å². The third-order valence-electron chi connectivity index (χ3n) is 4.47. The van der Waals surface area contributed by atoms with E-state index in [1.165, 1.54) is 29.3 Å². The molecule has 0 unspecified atom stereocenters. The Hall–Kier alpha value is -2.50. The number of nitrogens with zero attached hydrogens (tertiary/aromatic N) is 2. The van der Waals surface area contributed by atoms with E-state index in [9.17, 15) is 13.6 Å². The van der Waals surface area contributed by atoms with Gasteiger partial charge in [-0.25, -0.2) is 4.79 Å². The minimum atomic E-state index is -3.21. The highest BCUT2D eigenvalue weighted by molar-refractivity contribution is 5.91. The topological polar surface area (TPSA) is 42.4 Å². The van der Waals surface area contributed by atoms with Crippen LogP contribution in [0.3, 0.4) is 0 Å². The number of pyridine rings is 1. The molecule has 4 nitrogen and oxygen atoms in total. The fraction of sp³-hybridized carbons (Fsp3) is 0.429. The van der Waals surface area contributed by atoms with Gasteiger partial charge in [0.2, 0.25) is 0 Å². The number of amides is 1. The molecule has 1 aliphatic heterocycles. The summed E-state index contributed by atoms with van der Waals surface area (Å²) in [5.41, 5.74) is -0.509. The minimum absolute atomic E-state index is 0.118. The number of benzene rings is 1. The normalized spacial score (nSPS) is 16.2. The Kier molecular flexibility index (Phi) is 4.49. The van der Waals surface area contributed by atoms with Gasteiger partial charge in [-0.1, -0.05) is 44.2 Å².